The Labute approximate surface area is 116 Å². The molecule has 5 nitrogen and oxygen atoms in total. The minimum absolute atomic E-state index is 0.0578. The molecule has 0 saturated heterocycles. The van der Waals surface area contributed by atoms with Crippen molar-refractivity contribution < 1.29 is 15.0 Å². The maximum Gasteiger partial charge on any atom is 0.319 e. The van der Waals surface area contributed by atoms with E-state index in [0.29, 0.717) is 6.54 Å². The first-order valence-electron chi connectivity index (χ1n) is 6.26. The Bertz CT molecular complexity index is 585. The third-order valence-corrected chi connectivity index (χ3v) is 2.77. The van der Waals surface area contributed by atoms with Crippen LogP contribution in [0.25, 0.3) is 0 Å². The molecule has 104 valence electrons. The SMILES string of the molecule is O=C(NCCc1ccccc1)Nc1ccc(O)cc1O. The molecule has 4 N–H and O–H groups in total. The van der Waals surface area contributed by atoms with Crippen molar-refractivity contribution in [3.63, 3.8) is 0 Å². The lowest BCUT2D eigenvalue weighted by Crippen LogP contribution is -2.30. The largest absolute Gasteiger partial charge is 0.508 e. The number of urea groups is 1. The van der Waals surface area contributed by atoms with Gasteiger partial charge in [-0.25, -0.2) is 4.79 Å². The number of hydrogen-bond donors (Lipinski definition) is 4. The van der Waals surface area contributed by atoms with Crippen LogP contribution in [0.3, 0.4) is 0 Å². The van der Waals surface area contributed by atoms with Crippen molar-refractivity contribution in [2.24, 2.45) is 0 Å². The summed E-state index contributed by atoms with van der Waals surface area (Å²) < 4.78 is 0. The van der Waals surface area contributed by atoms with Crippen molar-refractivity contribution in [2.75, 3.05) is 11.9 Å². The summed E-state index contributed by atoms with van der Waals surface area (Å²) >= 11 is 0. The zero-order chi connectivity index (χ0) is 14.4. The second kappa shape index (κ2) is 6.47. The summed E-state index contributed by atoms with van der Waals surface area (Å²) in [5.74, 6) is -0.235. The number of carbonyl (C=O) groups is 1. The van der Waals surface area contributed by atoms with Crippen LogP contribution in [0.2, 0.25) is 0 Å². The summed E-state index contributed by atoms with van der Waals surface area (Å²) in [5, 5.41) is 23.9. The van der Waals surface area contributed by atoms with Gasteiger partial charge in [-0.15, -0.1) is 0 Å². The Hall–Kier alpha value is -2.69. The van der Waals surface area contributed by atoms with E-state index in [1.807, 2.05) is 30.3 Å². The minimum Gasteiger partial charge on any atom is -0.508 e. The average Bonchev–Trinajstić information content (AvgIpc) is 2.43. The smallest absolute Gasteiger partial charge is 0.319 e. The molecule has 5 heteroatoms. The lowest BCUT2D eigenvalue weighted by Gasteiger charge is -2.09. The number of benzene rings is 2. The molecule has 0 unspecified atom stereocenters. The van der Waals surface area contributed by atoms with Crippen LogP contribution in [0.15, 0.2) is 48.5 Å². The number of hydrogen-bond acceptors (Lipinski definition) is 3. The lowest BCUT2D eigenvalue weighted by molar-refractivity contribution is 0.252. The summed E-state index contributed by atoms with van der Waals surface area (Å²) in [4.78, 5) is 11.6. The van der Waals surface area contributed by atoms with E-state index < -0.39 is 6.03 Å². The van der Waals surface area contributed by atoms with Gasteiger partial charge in [0.05, 0.1) is 5.69 Å². The molecule has 0 aliphatic carbocycles. The third kappa shape index (κ3) is 3.91. The first kappa shape index (κ1) is 13.7. The first-order valence-corrected chi connectivity index (χ1v) is 6.26. The van der Waals surface area contributed by atoms with Gasteiger partial charge in [0.15, 0.2) is 0 Å². The lowest BCUT2D eigenvalue weighted by atomic mass is 10.1. The van der Waals surface area contributed by atoms with Crippen molar-refractivity contribution in [2.45, 2.75) is 6.42 Å². The van der Waals surface area contributed by atoms with E-state index in [9.17, 15) is 9.90 Å². The molecule has 0 atom stereocenters. The molecule has 0 radical (unpaired) electrons. The molecule has 2 rings (SSSR count). The summed E-state index contributed by atoms with van der Waals surface area (Å²) in [6, 6.07) is 13.4. The molecular weight excluding hydrogens is 256 g/mol. The molecule has 0 heterocycles. The highest BCUT2D eigenvalue weighted by Crippen LogP contribution is 2.26. The van der Waals surface area contributed by atoms with Crippen molar-refractivity contribution in [3.05, 3.63) is 54.1 Å². The van der Waals surface area contributed by atoms with Gasteiger partial charge in [0.25, 0.3) is 0 Å². The minimum atomic E-state index is -0.401. The van der Waals surface area contributed by atoms with Gasteiger partial charge in [-0.05, 0) is 24.1 Å². The zero-order valence-corrected chi connectivity index (χ0v) is 10.8. The third-order valence-electron chi connectivity index (χ3n) is 2.77. The number of carbonyl (C=O) groups excluding carboxylic acids is 1. The van der Waals surface area contributed by atoms with Gasteiger partial charge in [-0.3, -0.25) is 0 Å². The maximum absolute atomic E-state index is 11.6. The van der Waals surface area contributed by atoms with Crippen molar-refractivity contribution in [1.29, 1.82) is 0 Å². The Balaban J connectivity index is 1.81. The van der Waals surface area contributed by atoms with Gasteiger partial charge in [0, 0.05) is 12.6 Å². The molecule has 2 aromatic rings. The van der Waals surface area contributed by atoms with Crippen LogP contribution < -0.4 is 10.6 Å². The predicted octanol–water partition coefficient (Wildman–Crippen LogP) is 2.46. The van der Waals surface area contributed by atoms with Gasteiger partial charge in [-0.2, -0.15) is 0 Å². The molecule has 20 heavy (non-hydrogen) atoms. The molecule has 0 aliphatic rings. The fourth-order valence-corrected chi connectivity index (χ4v) is 1.76. The number of amides is 2. The molecule has 0 aromatic heterocycles. The normalized spacial score (nSPS) is 10.0. The molecule has 2 amide bonds. The second-order valence-electron chi connectivity index (χ2n) is 4.32. The van der Waals surface area contributed by atoms with E-state index in [1.165, 1.54) is 18.2 Å². The van der Waals surface area contributed by atoms with Gasteiger partial charge in [0.2, 0.25) is 0 Å². The average molecular weight is 272 g/mol. The zero-order valence-electron chi connectivity index (χ0n) is 10.8. The summed E-state index contributed by atoms with van der Waals surface area (Å²) in [6.45, 7) is 0.495. The van der Waals surface area contributed by atoms with Gasteiger partial charge < -0.3 is 20.8 Å². The Kier molecular flexibility index (Phi) is 4.44. The van der Waals surface area contributed by atoms with E-state index in [1.54, 1.807) is 0 Å². The highest BCUT2D eigenvalue weighted by atomic mass is 16.3. The Morgan fingerprint density at radius 3 is 2.50 bits per heavy atom. The first-order chi connectivity index (χ1) is 9.65. The van der Waals surface area contributed by atoms with Crippen LogP contribution in [0.5, 0.6) is 11.5 Å². The van der Waals surface area contributed by atoms with Crippen LogP contribution >= 0.6 is 0 Å². The van der Waals surface area contributed by atoms with Gasteiger partial charge in [0.1, 0.15) is 11.5 Å². The molecule has 0 bridgehead atoms. The van der Waals surface area contributed by atoms with E-state index in [4.69, 9.17) is 5.11 Å². The fraction of sp³-hybridized carbons (Fsp3) is 0.133. The standard InChI is InChI=1S/C15H16N2O3/c18-12-6-7-13(14(19)10-12)17-15(20)16-9-8-11-4-2-1-3-5-11/h1-7,10,18-19H,8-9H2,(H2,16,17,20). The maximum atomic E-state index is 11.6. The van der Waals surface area contributed by atoms with Crippen LogP contribution in [-0.4, -0.2) is 22.8 Å². The monoisotopic (exact) mass is 272 g/mol. The number of rotatable bonds is 4. The van der Waals surface area contributed by atoms with E-state index in [-0.39, 0.29) is 17.2 Å². The number of nitrogens with one attached hydrogen (secondary N) is 2. The Morgan fingerprint density at radius 2 is 1.80 bits per heavy atom. The second-order valence-corrected chi connectivity index (χ2v) is 4.32. The summed E-state index contributed by atoms with van der Waals surface area (Å²) in [6.07, 6.45) is 0.732. The molecule has 0 saturated carbocycles. The van der Waals surface area contributed by atoms with Crippen LogP contribution in [0, 0.1) is 0 Å². The van der Waals surface area contributed by atoms with Crippen molar-refractivity contribution in [1.82, 2.24) is 5.32 Å². The Morgan fingerprint density at radius 1 is 1.05 bits per heavy atom. The van der Waals surface area contributed by atoms with E-state index in [2.05, 4.69) is 10.6 Å². The fourth-order valence-electron chi connectivity index (χ4n) is 1.76. The van der Waals surface area contributed by atoms with Crippen LogP contribution in [0.1, 0.15) is 5.56 Å². The molecular formula is C15H16N2O3. The topological polar surface area (TPSA) is 81.6 Å². The highest BCUT2D eigenvalue weighted by molar-refractivity contribution is 5.90. The number of anilines is 1. The molecule has 0 fully saturated rings. The number of phenols is 2. The molecule has 0 spiro atoms. The van der Waals surface area contributed by atoms with Crippen molar-refractivity contribution >= 4 is 11.7 Å². The number of phenolic OH excluding ortho intramolecular Hbond substituents is 2. The molecule has 2 aromatic carbocycles. The van der Waals surface area contributed by atoms with Crippen molar-refractivity contribution in [3.8, 4) is 11.5 Å². The quantitative estimate of drug-likeness (QED) is 0.510. The summed E-state index contributed by atoms with van der Waals surface area (Å²) in [5.41, 5.74) is 1.39. The van der Waals surface area contributed by atoms with Gasteiger partial charge in [-0.1, -0.05) is 30.3 Å². The molecule has 0 aliphatic heterocycles. The van der Waals surface area contributed by atoms with Gasteiger partial charge >= 0.3 is 6.03 Å². The number of aromatic hydroxyl groups is 2. The highest BCUT2D eigenvalue weighted by Gasteiger charge is 2.06. The van der Waals surface area contributed by atoms with Crippen LogP contribution in [0.4, 0.5) is 10.5 Å². The predicted molar refractivity (Wildman–Crippen MR) is 76.9 cm³/mol. The van der Waals surface area contributed by atoms with E-state index in [0.717, 1.165) is 12.0 Å². The van der Waals surface area contributed by atoms with E-state index >= 15 is 0 Å². The summed E-state index contributed by atoms with van der Waals surface area (Å²) in [7, 11) is 0. The van der Waals surface area contributed by atoms with Crippen LogP contribution in [-0.2, 0) is 6.42 Å².